The molecule has 0 saturated heterocycles. The third kappa shape index (κ3) is 3.45. The molecule has 0 spiro atoms. The minimum absolute atomic E-state index is 0.153. The molecule has 2 aromatic carbocycles. The molecule has 2 rings (SSSR count). The number of hydrogen-bond acceptors (Lipinski definition) is 2. The molecule has 0 amide bonds. The highest BCUT2D eigenvalue weighted by atomic mass is 19.1. The Kier molecular flexibility index (Phi) is 4.53. The minimum Gasteiger partial charge on any atom is -0.489 e. The first-order valence-electron chi connectivity index (χ1n) is 6.38. The number of halogens is 1. The van der Waals surface area contributed by atoms with Gasteiger partial charge < -0.3 is 9.84 Å². The predicted molar refractivity (Wildman–Crippen MR) is 77.1 cm³/mol. The fraction of sp³-hybridized carbons (Fsp3) is 0.176. The number of ether oxygens (including phenoxy) is 1. The molecule has 2 nitrogen and oxygen atoms in total. The van der Waals surface area contributed by atoms with Gasteiger partial charge >= 0.3 is 0 Å². The number of rotatable bonds is 5. The smallest absolute Gasteiger partial charge is 0.129 e. The summed E-state index contributed by atoms with van der Waals surface area (Å²) in [7, 11) is 0. The standard InChI is InChI=1S/C17H17FO2/c1-3-17(19)14-8-12(2)9-15(10-14)20-11-13-6-4-5-7-16(13)18/h3-10,17,19H,1,11H2,2H3. The SMILES string of the molecule is C=CC(O)c1cc(C)cc(OCc2ccccc2F)c1. The van der Waals surface area contributed by atoms with Gasteiger partial charge in [-0.15, -0.1) is 6.58 Å². The van der Waals surface area contributed by atoms with E-state index in [0.29, 0.717) is 16.9 Å². The fourth-order valence-corrected chi connectivity index (χ4v) is 1.94. The Labute approximate surface area is 118 Å². The van der Waals surface area contributed by atoms with Crippen LogP contribution >= 0.6 is 0 Å². The van der Waals surface area contributed by atoms with Crippen molar-refractivity contribution >= 4 is 0 Å². The molecule has 0 fully saturated rings. The van der Waals surface area contributed by atoms with E-state index in [-0.39, 0.29) is 12.4 Å². The van der Waals surface area contributed by atoms with E-state index in [0.717, 1.165) is 5.56 Å². The summed E-state index contributed by atoms with van der Waals surface area (Å²) in [6.45, 7) is 5.63. The summed E-state index contributed by atoms with van der Waals surface area (Å²) in [5.41, 5.74) is 2.18. The van der Waals surface area contributed by atoms with Gasteiger partial charge in [0.05, 0.1) is 6.10 Å². The lowest BCUT2D eigenvalue weighted by Gasteiger charge is -2.12. The first kappa shape index (κ1) is 14.3. The number of aliphatic hydroxyl groups excluding tert-OH is 1. The Balaban J connectivity index is 2.15. The second-order valence-corrected chi connectivity index (χ2v) is 4.64. The van der Waals surface area contributed by atoms with Crippen LogP contribution < -0.4 is 4.74 Å². The molecular formula is C17H17FO2. The number of aliphatic hydroxyl groups is 1. The Hall–Kier alpha value is -2.13. The quantitative estimate of drug-likeness (QED) is 0.836. The average molecular weight is 272 g/mol. The van der Waals surface area contributed by atoms with Crippen molar-refractivity contribution in [2.24, 2.45) is 0 Å². The van der Waals surface area contributed by atoms with Gasteiger partial charge in [-0.05, 0) is 36.2 Å². The highest BCUT2D eigenvalue weighted by molar-refractivity contribution is 5.36. The van der Waals surface area contributed by atoms with E-state index in [1.165, 1.54) is 12.1 Å². The molecule has 3 heteroatoms. The van der Waals surface area contributed by atoms with Gasteiger partial charge in [0.25, 0.3) is 0 Å². The molecule has 0 aliphatic heterocycles. The third-order valence-corrected chi connectivity index (χ3v) is 2.99. The first-order chi connectivity index (χ1) is 9.60. The molecule has 1 unspecified atom stereocenters. The zero-order chi connectivity index (χ0) is 14.5. The molecule has 0 aliphatic carbocycles. The zero-order valence-electron chi connectivity index (χ0n) is 11.3. The maximum absolute atomic E-state index is 13.5. The summed E-state index contributed by atoms with van der Waals surface area (Å²) in [5.74, 6) is 0.315. The van der Waals surface area contributed by atoms with Gasteiger partial charge in [-0.25, -0.2) is 4.39 Å². The maximum Gasteiger partial charge on any atom is 0.129 e. The molecule has 1 atom stereocenters. The molecule has 0 heterocycles. The maximum atomic E-state index is 13.5. The van der Waals surface area contributed by atoms with Gasteiger partial charge in [-0.1, -0.05) is 30.3 Å². The Bertz CT molecular complexity index is 608. The van der Waals surface area contributed by atoms with Crippen LogP contribution in [-0.4, -0.2) is 5.11 Å². The van der Waals surface area contributed by atoms with Crippen LogP contribution in [0, 0.1) is 12.7 Å². The van der Waals surface area contributed by atoms with E-state index in [9.17, 15) is 9.50 Å². The van der Waals surface area contributed by atoms with E-state index in [4.69, 9.17) is 4.74 Å². The molecule has 2 aromatic rings. The van der Waals surface area contributed by atoms with Gasteiger partial charge in [-0.3, -0.25) is 0 Å². The average Bonchev–Trinajstić information content (AvgIpc) is 2.45. The Morgan fingerprint density at radius 1 is 1.30 bits per heavy atom. The first-order valence-corrected chi connectivity index (χ1v) is 6.38. The van der Waals surface area contributed by atoms with Crippen molar-refractivity contribution in [3.63, 3.8) is 0 Å². The monoisotopic (exact) mass is 272 g/mol. The molecule has 0 radical (unpaired) electrons. The molecule has 0 aromatic heterocycles. The zero-order valence-corrected chi connectivity index (χ0v) is 11.3. The molecule has 0 aliphatic rings. The fourth-order valence-electron chi connectivity index (χ4n) is 1.94. The van der Waals surface area contributed by atoms with Crippen LogP contribution in [-0.2, 0) is 6.61 Å². The van der Waals surface area contributed by atoms with Crippen molar-refractivity contribution in [3.05, 3.63) is 77.6 Å². The highest BCUT2D eigenvalue weighted by Crippen LogP contribution is 2.23. The lowest BCUT2D eigenvalue weighted by atomic mass is 10.1. The predicted octanol–water partition coefficient (Wildman–Crippen LogP) is 3.93. The van der Waals surface area contributed by atoms with Crippen LogP contribution in [0.1, 0.15) is 22.8 Å². The summed E-state index contributed by atoms with van der Waals surface area (Å²) in [6.07, 6.45) is 0.723. The molecule has 104 valence electrons. The summed E-state index contributed by atoms with van der Waals surface area (Å²) < 4.78 is 19.1. The Morgan fingerprint density at radius 2 is 2.05 bits per heavy atom. The molecular weight excluding hydrogens is 255 g/mol. The largest absolute Gasteiger partial charge is 0.489 e. The Morgan fingerprint density at radius 3 is 2.75 bits per heavy atom. The second-order valence-electron chi connectivity index (χ2n) is 4.64. The molecule has 20 heavy (non-hydrogen) atoms. The van der Waals surface area contributed by atoms with Gasteiger partial charge in [0.2, 0.25) is 0 Å². The van der Waals surface area contributed by atoms with Crippen LogP contribution in [0.25, 0.3) is 0 Å². The van der Waals surface area contributed by atoms with E-state index >= 15 is 0 Å². The van der Waals surface area contributed by atoms with Gasteiger partial charge in [-0.2, -0.15) is 0 Å². The summed E-state index contributed by atoms with van der Waals surface area (Å²) in [5, 5.41) is 9.77. The summed E-state index contributed by atoms with van der Waals surface area (Å²) in [4.78, 5) is 0. The minimum atomic E-state index is -0.731. The van der Waals surface area contributed by atoms with Gasteiger partial charge in [0.1, 0.15) is 18.2 Å². The van der Waals surface area contributed by atoms with Crippen molar-refractivity contribution in [1.29, 1.82) is 0 Å². The van der Waals surface area contributed by atoms with Crippen molar-refractivity contribution in [2.75, 3.05) is 0 Å². The molecule has 0 bridgehead atoms. The van der Waals surface area contributed by atoms with E-state index in [1.54, 1.807) is 24.3 Å². The van der Waals surface area contributed by atoms with E-state index in [2.05, 4.69) is 6.58 Å². The van der Waals surface area contributed by atoms with Gasteiger partial charge in [0.15, 0.2) is 0 Å². The highest BCUT2D eigenvalue weighted by Gasteiger charge is 2.07. The van der Waals surface area contributed by atoms with Crippen molar-refractivity contribution in [3.8, 4) is 5.75 Å². The van der Waals surface area contributed by atoms with Crippen molar-refractivity contribution < 1.29 is 14.2 Å². The van der Waals surface area contributed by atoms with Gasteiger partial charge in [0, 0.05) is 5.56 Å². The topological polar surface area (TPSA) is 29.5 Å². The van der Waals surface area contributed by atoms with Crippen LogP contribution in [0.3, 0.4) is 0 Å². The summed E-state index contributed by atoms with van der Waals surface area (Å²) >= 11 is 0. The van der Waals surface area contributed by atoms with E-state index < -0.39 is 6.10 Å². The molecule has 1 N–H and O–H groups in total. The second kappa shape index (κ2) is 6.35. The normalized spacial score (nSPS) is 11.9. The van der Waals surface area contributed by atoms with Crippen molar-refractivity contribution in [2.45, 2.75) is 19.6 Å². The number of hydrogen-bond donors (Lipinski definition) is 1. The number of aryl methyl sites for hydroxylation is 1. The number of benzene rings is 2. The van der Waals surface area contributed by atoms with Crippen LogP contribution in [0.5, 0.6) is 5.75 Å². The van der Waals surface area contributed by atoms with Crippen molar-refractivity contribution in [1.82, 2.24) is 0 Å². The molecule has 0 saturated carbocycles. The summed E-state index contributed by atoms with van der Waals surface area (Å²) in [6, 6.07) is 11.9. The van der Waals surface area contributed by atoms with Crippen LogP contribution in [0.4, 0.5) is 4.39 Å². The lowest BCUT2D eigenvalue weighted by molar-refractivity contribution is 0.227. The van der Waals surface area contributed by atoms with Crippen LogP contribution in [0.2, 0.25) is 0 Å². The van der Waals surface area contributed by atoms with E-state index in [1.807, 2.05) is 19.1 Å². The van der Waals surface area contributed by atoms with Crippen LogP contribution in [0.15, 0.2) is 55.1 Å². The third-order valence-electron chi connectivity index (χ3n) is 2.99. The lowest BCUT2D eigenvalue weighted by Crippen LogP contribution is -2.00.